The monoisotopic (exact) mass is 674 g/mol. The van der Waals surface area contributed by atoms with Crippen LogP contribution in [0.5, 0.6) is 0 Å². The molecule has 1 saturated heterocycles. The summed E-state index contributed by atoms with van der Waals surface area (Å²) in [6.07, 6.45) is 1.80. The third kappa shape index (κ3) is 6.58. The number of aromatic nitrogens is 3. The fraction of sp³-hybridized carbons (Fsp3) is 0.250. The molecule has 42 heavy (non-hydrogen) atoms. The summed E-state index contributed by atoms with van der Waals surface area (Å²) in [7, 11) is -12.6. The molecule has 1 aliphatic heterocycles. The van der Waals surface area contributed by atoms with Gasteiger partial charge in [-0.2, -0.15) is 4.31 Å². The first-order chi connectivity index (χ1) is 19.6. The van der Waals surface area contributed by atoms with Gasteiger partial charge in [0.05, 0.1) is 22.4 Å². The van der Waals surface area contributed by atoms with Gasteiger partial charge in [-0.05, 0) is 54.6 Å². The van der Waals surface area contributed by atoms with Gasteiger partial charge in [0, 0.05) is 47.8 Å². The normalized spacial score (nSPS) is 15.3. The molecular formula is C24H25Cl2N6O7PS2. The van der Waals surface area contributed by atoms with E-state index in [1.54, 1.807) is 35.0 Å². The third-order valence-electron chi connectivity index (χ3n) is 6.61. The Morgan fingerprint density at radius 3 is 2.07 bits per heavy atom. The fourth-order valence-electron chi connectivity index (χ4n) is 4.62. The van der Waals surface area contributed by atoms with Gasteiger partial charge in [0.2, 0.25) is 10.0 Å². The predicted molar refractivity (Wildman–Crippen MR) is 161 cm³/mol. The number of nitrogens with zero attached hydrogens (tertiary/aromatic N) is 6. The summed E-state index contributed by atoms with van der Waals surface area (Å²) in [6, 6.07) is 13.4. The van der Waals surface area contributed by atoms with Crippen LogP contribution in [-0.4, -0.2) is 84.4 Å². The van der Waals surface area contributed by atoms with Gasteiger partial charge >= 0.3 is 7.60 Å². The standard InChI is InChI=1S/C24H25Cl2N6O7PS2/c1-41(36,37)30-10-8-29(9-11-30)23-4-5-24(28-27-23)31-7-6-17-12-20(2-3-22(17)31)32(16-40(33,34)35)42(38,39)21-14-18(25)13-19(26)15-21/h2-7,12-15H,8-11,16H2,1H3,(H2,33,34,35). The zero-order valence-corrected chi connectivity index (χ0v) is 26.0. The van der Waals surface area contributed by atoms with Crippen molar-refractivity contribution in [2.75, 3.05) is 47.9 Å². The highest BCUT2D eigenvalue weighted by Gasteiger charge is 2.32. The van der Waals surface area contributed by atoms with Crippen LogP contribution in [0.15, 0.2) is 65.7 Å². The Morgan fingerprint density at radius 2 is 1.50 bits per heavy atom. The van der Waals surface area contributed by atoms with Crippen LogP contribution in [0.2, 0.25) is 10.0 Å². The first kappa shape index (κ1) is 30.7. The molecular weight excluding hydrogens is 650 g/mol. The molecule has 0 atom stereocenters. The van der Waals surface area contributed by atoms with E-state index in [4.69, 9.17) is 23.2 Å². The fourth-order valence-corrected chi connectivity index (χ4v) is 8.85. The lowest BCUT2D eigenvalue weighted by Gasteiger charge is -2.33. The number of halogens is 2. The van der Waals surface area contributed by atoms with E-state index in [0.29, 0.717) is 53.0 Å². The number of rotatable bonds is 8. The molecule has 5 rings (SSSR count). The van der Waals surface area contributed by atoms with E-state index in [2.05, 4.69) is 10.2 Å². The summed E-state index contributed by atoms with van der Waals surface area (Å²) < 4.78 is 66.3. The first-order valence-electron chi connectivity index (χ1n) is 12.3. The highest BCUT2D eigenvalue weighted by molar-refractivity contribution is 7.93. The summed E-state index contributed by atoms with van der Waals surface area (Å²) >= 11 is 12.0. The lowest BCUT2D eigenvalue weighted by Crippen LogP contribution is -2.48. The molecule has 0 bridgehead atoms. The Bertz CT molecular complexity index is 1890. The number of sulfonamides is 2. The van der Waals surface area contributed by atoms with Gasteiger partial charge < -0.3 is 14.7 Å². The number of anilines is 2. The highest BCUT2D eigenvalue weighted by atomic mass is 35.5. The second-order valence-electron chi connectivity index (χ2n) is 9.59. The molecule has 2 N–H and O–H groups in total. The van der Waals surface area contributed by atoms with Crippen LogP contribution in [0, 0.1) is 0 Å². The smallest absolute Gasteiger partial charge is 0.345 e. The van der Waals surface area contributed by atoms with Crippen LogP contribution in [0.25, 0.3) is 16.7 Å². The molecule has 0 radical (unpaired) electrons. The van der Waals surface area contributed by atoms with E-state index in [-0.39, 0.29) is 20.6 Å². The van der Waals surface area contributed by atoms with E-state index < -0.39 is 33.9 Å². The molecule has 0 saturated carbocycles. The van der Waals surface area contributed by atoms with Gasteiger partial charge in [0.25, 0.3) is 10.0 Å². The number of piperazine rings is 1. The Kier molecular flexibility index (Phi) is 8.33. The average molecular weight is 676 g/mol. The zero-order valence-electron chi connectivity index (χ0n) is 21.9. The lowest BCUT2D eigenvalue weighted by molar-refractivity contribution is 0.373. The predicted octanol–water partition coefficient (Wildman–Crippen LogP) is 3.14. The van der Waals surface area contributed by atoms with Crippen molar-refractivity contribution < 1.29 is 31.2 Å². The average Bonchev–Trinajstić information content (AvgIpc) is 3.34. The van der Waals surface area contributed by atoms with Crippen LogP contribution >= 0.6 is 30.8 Å². The minimum absolute atomic E-state index is 0.0225. The Hall–Kier alpha value is -2.75. The lowest BCUT2D eigenvalue weighted by atomic mass is 10.2. The van der Waals surface area contributed by atoms with Gasteiger partial charge in [-0.15, -0.1) is 10.2 Å². The van der Waals surface area contributed by atoms with Crippen molar-refractivity contribution in [2.24, 2.45) is 0 Å². The summed E-state index contributed by atoms with van der Waals surface area (Å²) in [4.78, 5) is 21.0. The number of hydrogen-bond donors (Lipinski definition) is 2. The van der Waals surface area contributed by atoms with Crippen LogP contribution in [0.3, 0.4) is 0 Å². The van der Waals surface area contributed by atoms with Crippen LogP contribution in [-0.2, 0) is 24.6 Å². The molecule has 0 amide bonds. The van der Waals surface area contributed by atoms with Crippen molar-refractivity contribution in [3.8, 4) is 5.82 Å². The molecule has 1 fully saturated rings. The summed E-state index contributed by atoms with van der Waals surface area (Å²) in [5, 5.41) is 9.30. The second-order valence-corrected chi connectivity index (χ2v) is 15.9. The van der Waals surface area contributed by atoms with Crippen molar-refractivity contribution in [1.29, 1.82) is 0 Å². The molecule has 4 aromatic rings. The van der Waals surface area contributed by atoms with Crippen molar-refractivity contribution in [3.63, 3.8) is 0 Å². The van der Waals surface area contributed by atoms with Gasteiger partial charge in [-0.1, -0.05) is 23.2 Å². The van der Waals surface area contributed by atoms with Crippen molar-refractivity contribution in [3.05, 3.63) is 70.8 Å². The quantitative estimate of drug-likeness (QED) is 0.265. The molecule has 1 aliphatic rings. The number of benzene rings is 2. The van der Waals surface area contributed by atoms with E-state index >= 15 is 0 Å². The molecule has 2 aromatic heterocycles. The maximum atomic E-state index is 13.5. The topological polar surface area (TPSA) is 166 Å². The summed E-state index contributed by atoms with van der Waals surface area (Å²) in [5.41, 5.74) is 0.663. The largest absolute Gasteiger partial charge is 0.352 e. The van der Waals surface area contributed by atoms with Crippen LogP contribution in [0.1, 0.15) is 0 Å². The maximum Gasteiger partial charge on any atom is 0.345 e. The minimum atomic E-state index is -4.84. The van der Waals surface area contributed by atoms with E-state index in [1.165, 1.54) is 28.8 Å². The van der Waals surface area contributed by atoms with Crippen LogP contribution in [0.4, 0.5) is 11.5 Å². The van der Waals surface area contributed by atoms with E-state index in [1.807, 2.05) is 4.90 Å². The van der Waals surface area contributed by atoms with Crippen molar-refractivity contribution in [1.82, 2.24) is 19.1 Å². The minimum Gasteiger partial charge on any atom is -0.352 e. The molecule has 3 heterocycles. The molecule has 0 aliphatic carbocycles. The highest BCUT2D eigenvalue weighted by Crippen LogP contribution is 2.40. The SMILES string of the molecule is CS(=O)(=O)N1CCN(c2ccc(-n3ccc4cc(N(CP(=O)(O)O)S(=O)(=O)c5cc(Cl)cc(Cl)c5)ccc43)nn2)CC1. The van der Waals surface area contributed by atoms with Crippen molar-refractivity contribution in [2.45, 2.75) is 4.90 Å². The molecule has 224 valence electrons. The second kappa shape index (κ2) is 11.4. The molecule has 13 nitrogen and oxygen atoms in total. The zero-order chi connectivity index (χ0) is 30.4. The maximum absolute atomic E-state index is 13.5. The van der Waals surface area contributed by atoms with Gasteiger partial charge in [0.15, 0.2) is 11.6 Å². The third-order valence-corrected chi connectivity index (χ3v) is 10.9. The Balaban J connectivity index is 1.44. The van der Waals surface area contributed by atoms with Crippen molar-refractivity contribution >= 4 is 73.3 Å². The number of hydrogen-bond acceptors (Lipinski definition) is 8. The van der Waals surface area contributed by atoms with Gasteiger partial charge in [-0.3, -0.25) is 13.4 Å². The first-order valence-corrected chi connectivity index (χ1v) is 18.1. The van der Waals surface area contributed by atoms with E-state index in [9.17, 15) is 31.2 Å². The summed E-state index contributed by atoms with van der Waals surface area (Å²) in [5.74, 6) is 1.08. The number of fused-ring (bicyclic) bond motifs is 1. The Labute approximate surface area is 252 Å². The Morgan fingerprint density at radius 1 is 0.881 bits per heavy atom. The van der Waals surface area contributed by atoms with Gasteiger partial charge in [0.1, 0.15) is 6.29 Å². The van der Waals surface area contributed by atoms with Crippen LogP contribution < -0.4 is 9.21 Å². The summed E-state index contributed by atoms with van der Waals surface area (Å²) in [6.45, 7) is 1.66. The van der Waals surface area contributed by atoms with Gasteiger partial charge in [-0.25, -0.2) is 16.8 Å². The molecule has 2 aromatic carbocycles. The molecule has 18 heteroatoms. The molecule has 0 spiro atoms. The van der Waals surface area contributed by atoms with E-state index in [0.717, 1.165) is 12.1 Å². The molecule has 0 unspecified atom stereocenters.